The summed E-state index contributed by atoms with van der Waals surface area (Å²) in [5.74, 6) is 0.855. The lowest BCUT2D eigenvalue weighted by Gasteiger charge is -2.32. The van der Waals surface area contributed by atoms with E-state index in [1.54, 1.807) is 0 Å². The average molecular weight is 501 g/mol. The van der Waals surface area contributed by atoms with Crippen molar-refractivity contribution in [2.45, 2.75) is 52.1 Å². The summed E-state index contributed by atoms with van der Waals surface area (Å²) in [6, 6.07) is 10.4. The summed E-state index contributed by atoms with van der Waals surface area (Å²) in [6.45, 7) is 9.66. The summed E-state index contributed by atoms with van der Waals surface area (Å²) in [5, 5.41) is 9.77. The Balaban J connectivity index is 0.00000392. The van der Waals surface area contributed by atoms with Crippen LogP contribution in [0.25, 0.3) is 0 Å². The van der Waals surface area contributed by atoms with Crippen LogP contribution in [0.2, 0.25) is 0 Å². The van der Waals surface area contributed by atoms with Crippen molar-refractivity contribution in [1.82, 2.24) is 20.9 Å². The van der Waals surface area contributed by atoms with Gasteiger partial charge in [-0.3, -0.25) is 9.79 Å². The number of halogens is 1. The van der Waals surface area contributed by atoms with Crippen LogP contribution in [0.3, 0.4) is 0 Å². The number of hydrogen-bond acceptors (Lipinski definition) is 3. The minimum atomic E-state index is 0. The van der Waals surface area contributed by atoms with Crippen LogP contribution in [0.15, 0.2) is 35.3 Å². The SMILES string of the molecule is CCCN1CCC(NC(=NCCC(=O)NCc2ccccc2)NCC)CC1.I. The molecule has 0 aliphatic carbocycles. The number of piperidine rings is 1. The molecule has 0 radical (unpaired) electrons. The Labute approximate surface area is 187 Å². The van der Waals surface area contributed by atoms with E-state index in [-0.39, 0.29) is 29.9 Å². The molecule has 1 aliphatic heterocycles. The fourth-order valence-electron chi connectivity index (χ4n) is 3.28. The average Bonchev–Trinajstić information content (AvgIpc) is 2.69. The van der Waals surface area contributed by atoms with Crippen molar-refractivity contribution < 1.29 is 4.79 Å². The largest absolute Gasteiger partial charge is 0.357 e. The number of carbonyl (C=O) groups is 1. The maximum atomic E-state index is 12.0. The molecule has 1 saturated heterocycles. The minimum absolute atomic E-state index is 0. The predicted octanol–water partition coefficient (Wildman–Crippen LogP) is 2.74. The van der Waals surface area contributed by atoms with E-state index in [1.807, 2.05) is 30.3 Å². The van der Waals surface area contributed by atoms with Crippen molar-refractivity contribution in [2.24, 2.45) is 4.99 Å². The maximum Gasteiger partial charge on any atom is 0.222 e. The second kappa shape index (κ2) is 14.6. The Morgan fingerprint density at radius 2 is 1.86 bits per heavy atom. The molecule has 0 unspecified atom stereocenters. The highest BCUT2D eigenvalue weighted by Crippen LogP contribution is 2.10. The molecule has 0 saturated carbocycles. The predicted molar refractivity (Wildman–Crippen MR) is 127 cm³/mol. The zero-order valence-corrected chi connectivity index (χ0v) is 19.6. The van der Waals surface area contributed by atoms with Gasteiger partial charge in [-0.05, 0) is 38.3 Å². The molecular weight excluding hydrogens is 465 g/mol. The fraction of sp³-hybridized carbons (Fsp3) is 0.619. The summed E-state index contributed by atoms with van der Waals surface area (Å²) >= 11 is 0. The third-order valence-corrected chi connectivity index (χ3v) is 4.75. The molecule has 1 aromatic rings. The van der Waals surface area contributed by atoms with E-state index in [0.717, 1.165) is 44.0 Å². The normalized spacial score (nSPS) is 15.6. The number of aliphatic imine (C=N–C) groups is 1. The number of nitrogens with one attached hydrogen (secondary N) is 3. The molecule has 28 heavy (non-hydrogen) atoms. The van der Waals surface area contributed by atoms with E-state index >= 15 is 0 Å². The van der Waals surface area contributed by atoms with Gasteiger partial charge in [0, 0.05) is 38.6 Å². The molecule has 1 heterocycles. The van der Waals surface area contributed by atoms with Gasteiger partial charge in [0.05, 0.1) is 6.54 Å². The molecule has 2 rings (SSSR count). The van der Waals surface area contributed by atoms with E-state index in [1.165, 1.54) is 13.0 Å². The Morgan fingerprint density at radius 3 is 2.50 bits per heavy atom. The van der Waals surface area contributed by atoms with E-state index in [9.17, 15) is 4.79 Å². The molecule has 0 spiro atoms. The molecule has 1 amide bonds. The highest BCUT2D eigenvalue weighted by Gasteiger charge is 2.19. The summed E-state index contributed by atoms with van der Waals surface area (Å²) in [4.78, 5) is 19.1. The third-order valence-electron chi connectivity index (χ3n) is 4.75. The Kier molecular flexibility index (Phi) is 12.9. The lowest BCUT2D eigenvalue weighted by molar-refractivity contribution is -0.121. The van der Waals surface area contributed by atoms with Crippen LogP contribution < -0.4 is 16.0 Å². The Morgan fingerprint density at radius 1 is 1.14 bits per heavy atom. The van der Waals surface area contributed by atoms with Crippen molar-refractivity contribution in [3.05, 3.63) is 35.9 Å². The molecule has 1 aromatic carbocycles. The van der Waals surface area contributed by atoms with Crippen molar-refractivity contribution >= 4 is 35.8 Å². The van der Waals surface area contributed by atoms with Gasteiger partial charge >= 0.3 is 0 Å². The van der Waals surface area contributed by atoms with Gasteiger partial charge in [0.15, 0.2) is 5.96 Å². The zero-order chi connectivity index (χ0) is 19.3. The number of guanidine groups is 1. The first-order valence-corrected chi connectivity index (χ1v) is 10.3. The second-order valence-electron chi connectivity index (χ2n) is 7.03. The van der Waals surface area contributed by atoms with Crippen LogP contribution in [0.5, 0.6) is 0 Å². The summed E-state index contributed by atoms with van der Waals surface area (Å²) < 4.78 is 0. The number of benzene rings is 1. The van der Waals surface area contributed by atoms with E-state index < -0.39 is 0 Å². The van der Waals surface area contributed by atoms with Gasteiger partial charge in [0.2, 0.25) is 5.91 Å². The number of nitrogens with zero attached hydrogens (tertiary/aromatic N) is 2. The number of carbonyl (C=O) groups excluding carboxylic acids is 1. The molecule has 1 aliphatic rings. The molecule has 7 heteroatoms. The standard InChI is InChI=1S/C21H35N5O.HI/c1-3-14-26-15-11-19(12-16-26)25-21(22-4-2)23-13-10-20(27)24-17-18-8-6-5-7-9-18;/h5-9,19H,3-4,10-17H2,1-2H3,(H,24,27)(H2,22,23,25);1H. The van der Waals surface area contributed by atoms with Crippen LogP contribution >= 0.6 is 24.0 Å². The van der Waals surface area contributed by atoms with Crippen molar-refractivity contribution in [1.29, 1.82) is 0 Å². The van der Waals surface area contributed by atoms with Gasteiger partial charge in [0.25, 0.3) is 0 Å². The number of likely N-dealkylation sites (tertiary alicyclic amines) is 1. The van der Waals surface area contributed by atoms with Gasteiger partial charge in [0.1, 0.15) is 0 Å². The Hall–Kier alpha value is -1.35. The third kappa shape index (κ3) is 9.73. The first kappa shape index (κ1) is 24.7. The molecule has 0 aromatic heterocycles. The molecule has 0 atom stereocenters. The van der Waals surface area contributed by atoms with Crippen molar-refractivity contribution in [3.63, 3.8) is 0 Å². The van der Waals surface area contributed by atoms with Crippen LogP contribution in [0, 0.1) is 0 Å². The lowest BCUT2D eigenvalue weighted by atomic mass is 10.1. The smallest absolute Gasteiger partial charge is 0.222 e. The van der Waals surface area contributed by atoms with Crippen LogP contribution in [0.1, 0.15) is 45.1 Å². The quantitative estimate of drug-likeness (QED) is 0.277. The summed E-state index contributed by atoms with van der Waals surface area (Å²) in [6.07, 6.45) is 3.90. The van der Waals surface area contributed by atoms with E-state index in [4.69, 9.17) is 0 Å². The van der Waals surface area contributed by atoms with Gasteiger partial charge in [-0.25, -0.2) is 0 Å². The minimum Gasteiger partial charge on any atom is -0.357 e. The molecule has 0 bridgehead atoms. The summed E-state index contributed by atoms with van der Waals surface area (Å²) in [5.41, 5.74) is 1.11. The molecule has 158 valence electrons. The van der Waals surface area contributed by atoms with Gasteiger partial charge < -0.3 is 20.9 Å². The molecule has 6 nitrogen and oxygen atoms in total. The van der Waals surface area contributed by atoms with Crippen molar-refractivity contribution in [3.8, 4) is 0 Å². The monoisotopic (exact) mass is 501 g/mol. The maximum absolute atomic E-state index is 12.0. The topological polar surface area (TPSA) is 68.8 Å². The van der Waals surface area contributed by atoms with Gasteiger partial charge in [-0.2, -0.15) is 0 Å². The zero-order valence-electron chi connectivity index (χ0n) is 17.2. The van der Waals surface area contributed by atoms with Crippen LogP contribution in [0.4, 0.5) is 0 Å². The molecular formula is C21H36IN5O. The van der Waals surface area contributed by atoms with Crippen LogP contribution in [-0.2, 0) is 11.3 Å². The first-order valence-electron chi connectivity index (χ1n) is 10.3. The van der Waals surface area contributed by atoms with Gasteiger partial charge in [-0.1, -0.05) is 37.3 Å². The summed E-state index contributed by atoms with van der Waals surface area (Å²) in [7, 11) is 0. The highest BCUT2D eigenvalue weighted by atomic mass is 127. The van der Waals surface area contributed by atoms with Gasteiger partial charge in [-0.15, -0.1) is 24.0 Å². The molecule has 3 N–H and O–H groups in total. The second-order valence-corrected chi connectivity index (χ2v) is 7.03. The van der Waals surface area contributed by atoms with Crippen molar-refractivity contribution in [2.75, 3.05) is 32.7 Å². The van der Waals surface area contributed by atoms with E-state index in [2.05, 4.69) is 39.7 Å². The first-order chi connectivity index (χ1) is 13.2. The fourth-order valence-corrected chi connectivity index (χ4v) is 3.28. The molecule has 1 fully saturated rings. The Bertz CT molecular complexity index is 573. The highest BCUT2D eigenvalue weighted by molar-refractivity contribution is 14.0. The number of amides is 1. The van der Waals surface area contributed by atoms with E-state index in [0.29, 0.717) is 25.6 Å². The number of hydrogen-bond donors (Lipinski definition) is 3. The lowest BCUT2D eigenvalue weighted by Crippen LogP contribution is -2.48. The number of rotatable bonds is 9. The van der Waals surface area contributed by atoms with Crippen LogP contribution in [-0.4, -0.2) is 55.5 Å².